The first-order chi connectivity index (χ1) is 8.08. The predicted molar refractivity (Wildman–Crippen MR) is 61.9 cm³/mol. The fourth-order valence-electron chi connectivity index (χ4n) is 1.48. The second-order valence-corrected chi connectivity index (χ2v) is 3.88. The molecule has 0 saturated carbocycles. The molecule has 0 aliphatic rings. The molecule has 2 aromatic heterocycles. The maximum absolute atomic E-state index is 10.8. The molecular formula is C10H9ClN4O2. The number of hydrogen-bond acceptors (Lipinski definition) is 4. The van der Waals surface area contributed by atoms with Crippen LogP contribution < -0.4 is 0 Å². The summed E-state index contributed by atoms with van der Waals surface area (Å²) in [5.41, 5.74) is 0.272. The molecule has 0 aromatic carbocycles. The van der Waals surface area contributed by atoms with Crippen LogP contribution in [0, 0.1) is 10.1 Å². The molecule has 17 heavy (non-hydrogen) atoms. The number of pyridine rings is 1. The third-order valence-electron chi connectivity index (χ3n) is 2.36. The maximum atomic E-state index is 10.8. The highest BCUT2D eigenvalue weighted by Crippen LogP contribution is 2.21. The van der Waals surface area contributed by atoms with E-state index in [1.165, 1.54) is 12.1 Å². The fraction of sp³-hybridized carbons (Fsp3) is 0.200. The normalized spacial score (nSPS) is 10.5. The lowest BCUT2D eigenvalue weighted by molar-refractivity contribution is -0.385. The molecule has 2 rings (SSSR count). The molecule has 0 saturated heterocycles. The smallest absolute Gasteiger partial charge is 0.291 e. The minimum atomic E-state index is -0.471. The first kappa shape index (κ1) is 11.5. The summed E-state index contributed by atoms with van der Waals surface area (Å²) >= 11 is 5.74. The molecule has 0 aliphatic carbocycles. The van der Waals surface area contributed by atoms with Crippen molar-refractivity contribution in [3.05, 3.63) is 51.3 Å². The lowest BCUT2D eigenvalue weighted by Gasteiger charge is -2.03. The number of imidazole rings is 1. The van der Waals surface area contributed by atoms with E-state index < -0.39 is 4.92 Å². The van der Waals surface area contributed by atoms with Gasteiger partial charge in [-0.1, -0.05) is 11.6 Å². The van der Waals surface area contributed by atoms with Crippen molar-refractivity contribution in [3.63, 3.8) is 0 Å². The zero-order chi connectivity index (χ0) is 12.4. The molecule has 0 aliphatic heterocycles. The van der Waals surface area contributed by atoms with Crippen LogP contribution in [0.4, 0.5) is 5.69 Å². The summed E-state index contributed by atoms with van der Waals surface area (Å²) in [6.07, 6.45) is 3.68. The Morgan fingerprint density at radius 3 is 2.88 bits per heavy atom. The Hall–Kier alpha value is -1.95. The third-order valence-corrected chi connectivity index (χ3v) is 2.57. The van der Waals surface area contributed by atoms with E-state index >= 15 is 0 Å². The first-order valence-corrected chi connectivity index (χ1v) is 5.21. The summed E-state index contributed by atoms with van der Waals surface area (Å²) in [6.45, 7) is 0. The first-order valence-electron chi connectivity index (χ1n) is 4.84. The standard InChI is InChI=1S/C10H9ClN4O2/c1-14-5-4-12-10(14)6-7-8(15(16)17)2-3-9(11)13-7/h2-5H,6H2,1H3. The van der Waals surface area contributed by atoms with Gasteiger partial charge in [-0.15, -0.1) is 0 Å². The van der Waals surface area contributed by atoms with Crippen molar-refractivity contribution in [2.75, 3.05) is 0 Å². The lowest BCUT2D eigenvalue weighted by atomic mass is 10.2. The minimum Gasteiger partial charge on any atom is -0.338 e. The van der Waals surface area contributed by atoms with Crippen LogP contribution in [0.3, 0.4) is 0 Å². The third kappa shape index (κ3) is 2.42. The van der Waals surface area contributed by atoms with Crippen LogP contribution in [0.1, 0.15) is 11.5 Å². The number of aromatic nitrogens is 3. The van der Waals surface area contributed by atoms with Gasteiger partial charge in [-0.25, -0.2) is 9.97 Å². The largest absolute Gasteiger partial charge is 0.338 e. The van der Waals surface area contributed by atoms with Gasteiger partial charge in [-0.2, -0.15) is 0 Å². The van der Waals surface area contributed by atoms with Crippen LogP contribution in [0.25, 0.3) is 0 Å². The molecule has 0 unspecified atom stereocenters. The molecule has 0 atom stereocenters. The molecule has 0 spiro atoms. The number of aryl methyl sites for hydroxylation is 1. The number of rotatable bonds is 3. The van der Waals surface area contributed by atoms with Crippen molar-refractivity contribution in [1.29, 1.82) is 0 Å². The van der Waals surface area contributed by atoms with Gasteiger partial charge in [0, 0.05) is 25.5 Å². The highest BCUT2D eigenvalue weighted by molar-refractivity contribution is 6.29. The molecule has 6 nitrogen and oxygen atoms in total. The van der Waals surface area contributed by atoms with E-state index in [0.717, 1.165) is 0 Å². The highest BCUT2D eigenvalue weighted by atomic mass is 35.5. The number of nitro groups is 1. The van der Waals surface area contributed by atoms with Crippen LogP contribution in [0.5, 0.6) is 0 Å². The second-order valence-electron chi connectivity index (χ2n) is 3.49. The summed E-state index contributed by atoms with van der Waals surface area (Å²) in [5, 5.41) is 11.1. The minimum absolute atomic E-state index is 0.0441. The maximum Gasteiger partial charge on any atom is 0.291 e. The van der Waals surface area contributed by atoms with Crippen molar-refractivity contribution in [2.45, 2.75) is 6.42 Å². The average Bonchev–Trinajstić information content (AvgIpc) is 2.64. The fourth-order valence-corrected chi connectivity index (χ4v) is 1.65. The van der Waals surface area contributed by atoms with Crippen molar-refractivity contribution in [1.82, 2.24) is 14.5 Å². The summed E-state index contributed by atoms with van der Waals surface area (Å²) in [4.78, 5) is 18.5. The molecule has 0 fully saturated rings. The van der Waals surface area contributed by atoms with Gasteiger partial charge in [0.15, 0.2) is 0 Å². The Kier molecular flexibility index (Phi) is 3.06. The summed E-state index contributed by atoms with van der Waals surface area (Å²) < 4.78 is 1.78. The van der Waals surface area contributed by atoms with Crippen LogP contribution in [0.15, 0.2) is 24.5 Å². The van der Waals surface area contributed by atoms with Crippen LogP contribution >= 0.6 is 11.6 Å². The van der Waals surface area contributed by atoms with Crippen molar-refractivity contribution in [2.24, 2.45) is 7.05 Å². The van der Waals surface area contributed by atoms with E-state index in [-0.39, 0.29) is 17.3 Å². The van der Waals surface area contributed by atoms with Crippen molar-refractivity contribution < 1.29 is 4.92 Å². The average molecular weight is 253 g/mol. The van der Waals surface area contributed by atoms with Gasteiger partial charge in [0.2, 0.25) is 0 Å². The Bertz CT molecular complexity index is 567. The van der Waals surface area contributed by atoms with Gasteiger partial charge in [0.25, 0.3) is 5.69 Å². The Balaban J connectivity index is 2.41. The van der Waals surface area contributed by atoms with Gasteiger partial charge in [-0.05, 0) is 6.07 Å². The second kappa shape index (κ2) is 4.50. The van der Waals surface area contributed by atoms with E-state index in [9.17, 15) is 10.1 Å². The number of halogens is 1. The van der Waals surface area contributed by atoms with E-state index in [4.69, 9.17) is 11.6 Å². The molecule has 0 radical (unpaired) electrons. The Morgan fingerprint density at radius 1 is 1.53 bits per heavy atom. The van der Waals surface area contributed by atoms with E-state index in [1.54, 1.807) is 17.0 Å². The molecule has 0 bridgehead atoms. The van der Waals surface area contributed by atoms with Gasteiger partial charge in [0.05, 0.1) is 11.3 Å². The summed E-state index contributed by atoms with van der Waals surface area (Å²) in [5.74, 6) is 0.697. The summed E-state index contributed by atoms with van der Waals surface area (Å²) in [7, 11) is 1.82. The summed E-state index contributed by atoms with van der Waals surface area (Å²) in [6, 6.07) is 2.76. The lowest BCUT2D eigenvalue weighted by Crippen LogP contribution is -2.04. The molecule has 0 N–H and O–H groups in total. The van der Waals surface area contributed by atoms with Gasteiger partial charge >= 0.3 is 0 Å². The zero-order valence-corrected chi connectivity index (χ0v) is 9.76. The molecule has 2 aromatic rings. The zero-order valence-electron chi connectivity index (χ0n) is 9.00. The van der Waals surface area contributed by atoms with Crippen molar-refractivity contribution >= 4 is 17.3 Å². The number of hydrogen-bond donors (Lipinski definition) is 0. The Morgan fingerprint density at radius 2 is 2.29 bits per heavy atom. The van der Waals surface area contributed by atoms with Gasteiger partial charge in [-0.3, -0.25) is 10.1 Å². The molecule has 7 heteroatoms. The predicted octanol–water partition coefficient (Wildman–Crippen LogP) is 1.97. The highest BCUT2D eigenvalue weighted by Gasteiger charge is 2.17. The molecule has 88 valence electrons. The topological polar surface area (TPSA) is 73.8 Å². The van der Waals surface area contributed by atoms with Crippen LogP contribution in [-0.4, -0.2) is 19.5 Å². The van der Waals surface area contributed by atoms with Crippen molar-refractivity contribution in [3.8, 4) is 0 Å². The van der Waals surface area contributed by atoms with E-state index in [1.807, 2.05) is 7.05 Å². The Labute approximate surface area is 102 Å². The molecule has 0 amide bonds. The van der Waals surface area contributed by atoms with E-state index in [0.29, 0.717) is 11.5 Å². The van der Waals surface area contributed by atoms with E-state index in [2.05, 4.69) is 9.97 Å². The van der Waals surface area contributed by atoms with Gasteiger partial charge in [0.1, 0.15) is 16.7 Å². The SMILES string of the molecule is Cn1ccnc1Cc1nc(Cl)ccc1[N+](=O)[O-]. The van der Waals surface area contributed by atoms with Crippen LogP contribution in [0.2, 0.25) is 5.15 Å². The monoisotopic (exact) mass is 252 g/mol. The number of nitrogens with zero attached hydrogens (tertiary/aromatic N) is 4. The van der Waals surface area contributed by atoms with Gasteiger partial charge < -0.3 is 4.57 Å². The quantitative estimate of drug-likeness (QED) is 0.475. The molecular weight excluding hydrogens is 244 g/mol. The van der Waals surface area contributed by atoms with Crippen LogP contribution in [-0.2, 0) is 13.5 Å². The molecule has 2 heterocycles.